The molecule has 0 fully saturated rings. The molecule has 0 aliphatic carbocycles. The molecule has 0 aromatic rings. The highest BCUT2D eigenvalue weighted by Crippen LogP contribution is 1.81. The fourth-order valence-electron chi connectivity index (χ4n) is 0.599. The summed E-state index contributed by atoms with van der Waals surface area (Å²) in [5.74, 6) is -0.0204. The lowest BCUT2D eigenvalue weighted by atomic mass is 10.3. The Morgan fingerprint density at radius 3 is 2.82 bits per heavy atom. The van der Waals surface area contributed by atoms with Crippen molar-refractivity contribution < 1.29 is 4.79 Å². The minimum atomic E-state index is -0.173. The molecule has 0 heterocycles. The smallest absolute Gasteiger partial charge is 0.236 e. The highest BCUT2D eigenvalue weighted by atomic mass is 35.5. The van der Waals surface area contributed by atoms with E-state index in [1.165, 1.54) is 5.54 Å². The predicted molar refractivity (Wildman–Crippen MR) is 46.5 cm³/mol. The molecule has 0 aliphatic rings. The van der Waals surface area contributed by atoms with Gasteiger partial charge in [-0.15, -0.1) is 0 Å². The largest absolute Gasteiger partial charge is 0.358 e. The molecule has 0 saturated heterocycles. The topological polar surface area (TPSA) is 41.1 Å². The molecule has 3 nitrogen and oxygen atoms in total. The van der Waals surface area contributed by atoms with Gasteiger partial charge < -0.3 is 10.6 Å². The summed E-state index contributed by atoms with van der Waals surface area (Å²) in [6, 6.07) is -0.173. The number of carbonyl (C=O) groups excluding carboxylic acids is 1. The van der Waals surface area contributed by atoms with Crippen LogP contribution in [0.5, 0.6) is 0 Å². The van der Waals surface area contributed by atoms with Crippen LogP contribution in [0.25, 0.3) is 0 Å². The molecule has 11 heavy (non-hydrogen) atoms. The summed E-state index contributed by atoms with van der Waals surface area (Å²) < 4.78 is 0. The van der Waals surface area contributed by atoms with E-state index in [4.69, 9.17) is 11.6 Å². The zero-order valence-electron chi connectivity index (χ0n) is 6.73. The first-order chi connectivity index (χ1) is 5.22. The zero-order valence-corrected chi connectivity index (χ0v) is 7.48. The summed E-state index contributed by atoms with van der Waals surface area (Å²) >= 11 is 5.28. The summed E-state index contributed by atoms with van der Waals surface area (Å²) in [7, 11) is 1.61. The van der Waals surface area contributed by atoms with Crippen molar-refractivity contribution in [2.45, 2.75) is 13.0 Å². The average molecular weight is 177 g/mol. The Labute approximate surface area is 71.8 Å². The number of amides is 1. The van der Waals surface area contributed by atoms with Crippen molar-refractivity contribution in [2.24, 2.45) is 0 Å². The van der Waals surface area contributed by atoms with E-state index >= 15 is 0 Å². The van der Waals surface area contributed by atoms with Crippen LogP contribution in [0.3, 0.4) is 0 Å². The van der Waals surface area contributed by atoms with Gasteiger partial charge in [0.1, 0.15) is 0 Å². The third-order valence-corrected chi connectivity index (χ3v) is 1.45. The second kappa shape index (κ2) is 6.19. The van der Waals surface area contributed by atoms with Crippen molar-refractivity contribution in [3.8, 4) is 0 Å². The molecule has 0 bridgehead atoms. The molecule has 0 aromatic carbocycles. The third kappa shape index (κ3) is 4.81. The summed E-state index contributed by atoms with van der Waals surface area (Å²) in [5.41, 5.74) is 1.42. The van der Waals surface area contributed by atoms with Gasteiger partial charge in [-0.05, 0) is 6.92 Å². The molecule has 1 unspecified atom stereocenters. The van der Waals surface area contributed by atoms with E-state index in [1.54, 1.807) is 20.0 Å². The van der Waals surface area contributed by atoms with Gasteiger partial charge in [0.25, 0.3) is 0 Å². The van der Waals surface area contributed by atoms with Crippen molar-refractivity contribution in [3.63, 3.8) is 0 Å². The van der Waals surface area contributed by atoms with Crippen LogP contribution in [0.2, 0.25) is 0 Å². The standard InChI is InChI=1S/C7H13ClN2O/c1-6(7(11)9-2)10-5-3-4-8/h3-4,6,10H,5H2,1-2H3,(H,9,11)/b4-3+. The zero-order chi connectivity index (χ0) is 8.69. The van der Waals surface area contributed by atoms with E-state index < -0.39 is 0 Å². The van der Waals surface area contributed by atoms with Gasteiger partial charge in [0.05, 0.1) is 6.04 Å². The molecule has 0 aromatic heterocycles. The molecule has 1 atom stereocenters. The Morgan fingerprint density at radius 2 is 2.36 bits per heavy atom. The fourth-order valence-corrected chi connectivity index (χ4v) is 0.688. The monoisotopic (exact) mass is 176 g/mol. The van der Waals surface area contributed by atoms with E-state index in [0.29, 0.717) is 6.54 Å². The van der Waals surface area contributed by atoms with Crippen molar-refractivity contribution in [1.29, 1.82) is 0 Å². The summed E-state index contributed by atoms with van der Waals surface area (Å²) in [4.78, 5) is 10.9. The maximum Gasteiger partial charge on any atom is 0.236 e. The predicted octanol–water partition coefficient (Wildman–Crippen LogP) is 0.463. The lowest BCUT2D eigenvalue weighted by Gasteiger charge is -2.09. The van der Waals surface area contributed by atoms with Crippen molar-refractivity contribution in [2.75, 3.05) is 13.6 Å². The first-order valence-electron chi connectivity index (χ1n) is 3.42. The summed E-state index contributed by atoms with van der Waals surface area (Å²) in [6.45, 7) is 2.40. The Balaban J connectivity index is 3.51. The van der Waals surface area contributed by atoms with E-state index in [-0.39, 0.29) is 11.9 Å². The second-order valence-electron chi connectivity index (χ2n) is 2.11. The SMILES string of the molecule is CNC(=O)C(C)NC/C=C/Cl. The highest BCUT2D eigenvalue weighted by Gasteiger charge is 2.07. The van der Waals surface area contributed by atoms with Crippen LogP contribution in [-0.2, 0) is 4.79 Å². The van der Waals surface area contributed by atoms with Gasteiger partial charge in [-0.1, -0.05) is 17.7 Å². The summed E-state index contributed by atoms with van der Waals surface area (Å²) in [5, 5.41) is 5.48. The minimum absolute atomic E-state index is 0.0204. The van der Waals surface area contributed by atoms with Crippen LogP contribution in [0, 0.1) is 0 Å². The number of rotatable bonds is 4. The van der Waals surface area contributed by atoms with Gasteiger partial charge in [0.2, 0.25) is 5.91 Å². The molecule has 0 rings (SSSR count). The quantitative estimate of drug-likeness (QED) is 0.654. The van der Waals surface area contributed by atoms with E-state index in [1.807, 2.05) is 0 Å². The van der Waals surface area contributed by atoms with Crippen LogP contribution in [0.4, 0.5) is 0 Å². The van der Waals surface area contributed by atoms with Crippen LogP contribution in [0.15, 0.2) is 11.6 Å². The van der Waals surface area contributed by atoms with Gasteiger partial charge in [0, 0.05) is 19.1 Å². The summed E-state index contributed by atoms with van der Waals surface area (Å²) in [6.07, 6.45) is 1.74. The molecule has 0 aliphatic heterocycles. The third-order valence-electron chi connectivity index (χ3n) is 1.27. The minimum Gasteiger partial charge on any atom is -0.358 e. The van der Waals surface area contributed by atoms with E-state index in [0.717, 1.165) is 0 Å². The number of nitrogens with one attached hydrogen (secondary N) is 2. The number of hydrogen-bond acceptors (Lipinski definition) is 2. The van der Waals surface area contributed by atoms with Gasteiger partial charge in [0.15, 0.2) is 0 Å². The number of likely N-dealkylation sites (N-methyl/N-ethyl adjacent to an activating group) is 1. The number of halogens is 1. The van der Waals surface area contributed by atoms with Gasteiger partial charge in [-0.2, -0.15) is 0 Å². The lowest BCUT2D eigenvalue weighted by molar-refractivity contribution is -0.122. The molecule has 2 N–H and O–H groups in total. The van der Waals surface area contributed by atoms with E-state index in [9.17, 15) is 4.79 Å². The van der Waals surface area contributed by atoms with Crippen LogP contribution in [0.1, 0.15) is 6.92 Å². The molecular weight excluding hydrogens is 164 g/mol. The Kier molecular flexibility index (Phi) is 5.88. The van der Waals surface area contributed by atoms with Gasteiger partial charge in [-0.3, -0.25) is 4.79 Å². The van der Waals surface area contributed by atoms with Crippen molar-refractivity contribution >= 4 is 17.5 Å². The Hall–Kier alpha value is -0.540. The molecule has 1 amide bonds. The maximum atomic E-state index is 10.9. The fraction of sp³-hybridized carbons (Fsp3) is 0.571. The molecule has 0 saturated carbocycles. The number of carbonyl (C=O) groups is 1. The molecular formula is C7H13ClN2O. The first-order valence-corrected chi connectivity index (χ1v) is 3.86. The van der Waals surface area contributed by atoms with Crippen LogP contribution < -0.4 is 10.6 Å². The van der Waals surface area contributed by atoms with Crippen molar-refractivity contribution in [3.05, 3.63) is 11.6 Å². The highest BCUT2D eigenvalue weighted by molar-refractivity contribution is 6.25. The second-order valence-corrected chi connectivity index (χ2v) is 2.36. The van der Waals surface area contributed by atoms with Gasteiger partial charge in [-0.25, -0.2) is 0 Å². The molecule has 4 heteroatoms. The Morgan fingerprint density at radius 1 is 1.73 bits per heavy atom. The van der Waals surface area contributed by atoms with Crippen LogP contribution in [-0.4, -0.2) is 25.5 Å². The van der Waals surface area contributed by atoms with Crippen LogP contribution >= 0.6 is 11.6 Å². The molecule has 0 spiro atoms. The normalized spacial score (nSPS) is 13.4. The maximum absolute atomic E-state index is 10.9. The van der Waals surface area contributed by atoms with Gasteiger partial charge >= 0.3 is 0 Å². The van der Waals surface area contributed by atoms with Crippen molar-refractivity contribution in [1.82, 2.24) is 10.6 Å². The average Bonchev–Trinajstić information content (AvgIpc) is 2.03. The lowest BCUT2D eigenvalue weighted by Crippen LogP contribution is -2.40. The number of hydrogen-bond donors (Lipinski definition) is 2. The molecule has 0 radical (unpaired) electrons. The van der Waals surface area contributed by atoms with E-state index in [2.05, 4.69) is 10.6 Å². The Bertz CT molecular complexity index is 147. The molecule has 64 valence electrons. The first kappa shape index (κ1) is 10.5.